The molecule has 0 N–H and O–H groups in total. The van der Waals surface area contributed by atoms with Crippen molar-refractivity contribution in [2.75, 3.05) is 44.2 Å². The number of rotatable bonds is 9. The molecule has 3 aromatic rings. The summed E-state index contributed by atoms with van der Waals surface area (Å²) in [6.45, 7) is 5.60. The third-order valence-electron chi connectivity index (χ3n) is 11.7. The van der Waals surface area contributed by atoms with E-state index < -0.39 is 23.9 Å². The first-order valence-corrected chi connectivity index (χ1v) is 17.7. The molecule has 2 saturated carbocycles. The third kappa shape index (κ3) is 5.30. The van der Waals surface area contributed by atoms with E-state index in [-0.39, 0.29) is 43.8 Å². The summed E-state index contributed by atoms with van der Waals surface area (Å²) >= 11 is 0. The number of hydrogen-bond acceptors (Lipinski definition) is 8. The van der Waals surface area contributed by atoms with Crippen LogP contribution in [-0.2, 0) is 11.2 Å². The Kier molecular flexibility index (Phi) is 7.31. The predicted molar refractivity (Wildman–Crippen MR) is 180 cm³/mol. The lowest BCUT2D eigenvalue weighted by molar-refractivity contribution is -0.131. The van der Waals surface area contributed by atoms with Crippen LogP contribution in [0.15, 0.2) is 42.7 Å². The van der Waals surface area contributed by atoms with E-state index in [1.807, 2.05) is 11.0 Å². The Balaban J connectivity index is 1.15. The molecule has 1 aromatic heterocycles. The van der Waals surface area contributed by atoms with E-state index in [9.17, 15) is 18.8 Å². The molecule has 3 saturated heterocycles. The van der Waals surface area contributed by atoms with Gasteiger partial charge in [0, 0.05) is 43.5 Å². The summed E-state index contributed by atoms with van der Waals surface area (Å²) < 4.78 is 41.8. The minimum absolute atomic E-state index is 0.0337. The second-order valence-electron chi connectivity index (χ2n) is 14.9. The quantitative estimate of drug-likeness (QED) is 0.262. The fraction of sp³-hybridized carbons (Fsp3) is 0.526. The highest BCUT2D eigenvalue weighted by molar-refractivity contribution is 5.99. The summed E-state index contributed by atoms with van der Waals surface area (Å²) in [4.78, 5) is 28.3. The van der Waals surface area contributed by atoms with E-state index in [1.165, 1.54) is 28.0 Å². The number of hydrogen-bond donors (Lipinski definition) is 0. The van der Waals surface area contributed by atoms with Gasteiger partial charge in [0.05, 0.1) is 30.2 Å². The molecule has 9 rings (SSSR count). The molecule has 5 fully saturated rings. The molecule has 2 aromatic carbocycles. The van der Waals surface area contributed by atoms with E-state index in [0.717, 1.165) is 55.5 Å². The molecule has 4 heterocycles. The number of piperazine rings is 1. The van der Waals surface area contributed by atoms with Crippen LogP contribution in [0.1, 0.15) is 62.0 Å². The number of benzene rings is 2. The maximum Gasteiger partial charge on any atom is 0.319 e. The maximum atomic E-state index is 14.6. The molecule has 9 nitrogen and oxygen atoms in total. The molecule has 6 aliphatic rings. The lowest BCUT2D eigenvalue weighted by atomic mass is 9.93. The van der Waals surface area contributed by atoms with Crippen LogP contribution in [0.25, 0.3) is 22.0 Å². The average Bonchev–Trinajstić information content (AvgIpc) is 3.97. The zero-order valence-electron chi connectivity index (χ0n) is 27.5. The van der Waals surface area contributed by atoms with E-state index in [2.05, 4.69) is 41.8 Å². The number of nitriles is 1. The first-order valence-electron chi connectivity index (χ1n) is 17.7. The van der Waals surface area contributed by atoms with E-state index in [0.29, 0.717) is 42.5 Å². The van der Waals surface area contributed by atoms with Gasteiger partial charge in [0.2, 0.25) is 0 Å². The van der Waals surface area contributed by atoms with Crippen molar-refractivity contribution in [3.63, 3.8) is 0 Å². The van der Waals surface area contributed by atoms with Crippen LogP contribution >= 0.6 is 0 Å². The van der Waals surface area contributed by atoms with Gasteiger partial charge in [-0.05, 0) is 85.7 Å². The van der Waals surface area contributed by atoms with Crippen LogP contribution < -0.4 is 14.4 Å². The van der Waals surface area contributed by atoms with Gasteiger partial charge in [-0.2, -0.15) is 15.2 Å². The number of nitrogens with zero attached hydrogens (tertiary/aromatic N) is 6. The average molecular weight is 667 g/mol. The van der Waals surface area contributed by atoms with Gasteiger partial charge in [0.25, 0.3) is 5.91 Å². The summed E-state index contributed by atoms with van der Waals surface area (Å²) in [5.74, 6) is 0.876. The molecule has 0 spiro atoms. The fourth-order valence-corrected chi connectivity index (χ4v) is 9.07. The van der Waals surface area contributed by atoms with Crippen molar-refractivity contribution in [1.82, 2.24) is 19.8 Å². The predicted octanol–water partition coefficient (Wildman–Crippen LogP) is 5.87. The van der Waals surface area contributed by atoms with Crippen LogP contribution in [0, 0.1) is 17.2 Å². The Hall–Kier alpha value is -4.30. The number of fused-ring (bicyclic) bond motifs is 5. The second kappa shape index (κ2) is 11.7. The topological polar surface area (TPSA) is 94.8 Å². The molecule has 49 heavy (non-hydrogen) atoms. The molecule has 254 valence electrons. The number of anilines is 1. The number of carbonyl (C=O) groups excluding carboxylic acids is 1. The van der Waals surface area contributed by atoms with Crippen molar-refractivity contribution in [3.05, 3.63) is 53.9 Å². The first kappa shape index (κ1) is 30.7. The van der Waals surface area contributed by atoms with Crippen molar-refractivity contribution >= 4 is 22.6 Å². The Bertz CT molecular complexity index is 1910. The number of halogens is 2. The normalized spacial score (nSPS) is 28.6. The number of ether oxygens (including phenoxy) is 2. The molecule has 0 bridgehead atoms. The molecule has 0 radical (unpaired) electrons. The van der Waals surface area contributed by atoms with Crippen molar-refractivity contribution in [1.29, 1.82) is 5.26 Å². The molecule has 0 unspecified atom stereocenters. The van der Waals surface area contributed by atoms with Gasteiger partial charge in [-0.1, -0.05) is 24.8 Å². The summed E-state index contributed by atoms with van der Waals surface area (Å²) in [5.41, 5.74) is 5.29. The number of amides is 1. The van der Waals surface area contributed by atoms with Crippen molar-refractivity contribution < 1.29 is 23.0 Å². The third-order valence-corrected chi connectivity index (χ3v) is 11.7. The summed E-state index contributed by atoms with van der Waals surface area (Å²) in [6, 6.07) is 12.6. The standard InChI is InChI=1S/C38H40F2N6O3/c1-22(39)36(47)46-15-14-44(20-25(46)10-12-41)35-30-9-8-29(27-4-2-5-28-31-16-23(31)17-32(27)28)34(49-26-6-7-26)33(30)42-37(43-35)48-21-38-11-3-13-45(38)19-24(40)18-38/h2,4-5,8-9,23-26,31H,1,3,6-7,10-11,13-21H2/t23-,24+,25-,31-,38-/m0/s1. The lowest BCUT2D eigenvalue weighted by Crippen LogP contribution is -2.55. The van der Waals surface area contributed by atoms with Gasteiger partial charge < -0.3 is 19.3 Å². The van der Waals surface area contributed by atoms with Gasteiger partial charge >= 0.3 is 6.01 Å². The monoisotopic (exact) mass is 666 g/mol. The van der Waals surface area contributed by atoms with Gasteiger partial charge in [-0.15, -0.1) is 0 Å². The Morgan fingerprint density at radius 1 is 1.12 bits per heavy atom. The van der Waals surface area contributed by atoms with Crippen molar-refractivity contribution in [2.45, 2.75) is 81.1 Å². The largest absolute Gasteiger partial charge is 0.487 e. The minimum atomic E-state index is -1.04. The highest BCUT2D eigenvalue weighted by atomic mass is 19.1. The van der Waals surface area contributed by atoms with Crippen LogP contribution in [-0.4, -0.2) is 88.9 Å². The molecule has 5 atom stereocenters. The number of alkyl halides is 1. The SMILES string of the molecule is C=C(F)C(=O)N1CCN(c2nc(OC[C@@]34CCCN3C[C@H](F)C4)nc3c(OC4CC4)c(-c4cccc5c4C[C@@H]4C[C@H]54)ccc23)C[C@@H]1CC#N. The Labute approximate surface area is 284 Å². The molecule has 3 aliphatic carbocycles. The van der Waals surface area contributed by atoms with E-state index in [4.69, 9.17) is 19.4 Å². The summed E-state index contributed by atoms with van der Waals surface area (Å²) in [5, 5.41) is 10.4. The van der Waals surface area contributed by atoms with Gasteiger partial charge in [-0.3, -0.25) is 9.69 Å². The van der Waals surface area contributed by atoms with Crippen molar-refractivity contribution in [2.24, 2.45) is 5.92 Å². The second-order valence-corrected chi connectivity index (χ2v) is 14.9. The van der Waals surface area contributed by atoms with Crippen LogP contribution in [0.4, 0.5) is 14.6 Å². The zero-order valence-corrected chi connectivity index (χ0v) is 27.5. The van der Waals surface area contributed by atoms with Crippen molar-refractivity contribution in [3.8, 4) is 29.0 Å². The van der Waals surface area contributed by atoms with Crippen LogP contribution in [0.5, 0.6) is 11.8 Å². The van der Waals surface area contributed by atoms with E-state index >= 15 is 0 Å². The first-order chi connectivity index (χ1) is 23.8. The molecule has 1 amide bonds. The highest BCUT2D eigenvalue weighted by Gasteiger charge is 2.50. The minimum Gasteiger partial charge on any atom is -0.487 e. The number of carbonyl (C=O) groups is 1. The smallest absolute Gasteiger partial charge is 0.319 e. The van der Waals surface area contributed by atoms with Crippen LogP contribution in [0.3, 0.4) is 0 Å². The zero-order chi connectivity index (χ0) is 33.4. The molecule has 3 aliphatic heterocycles. The molecule has 11 heteroatoms. The lowest BCUT2D eigenvalue weighted by Gasteiger charge is -2.41. The number of aromatic nitrogens is 2. The maximum absolute atomic E-state index is 14.6. The fourth-order valence-electron chi connectivity index (χ4n) is 9.07. The molecular weight excluding hydrogens is 626 g/mol. The van der Waals surface area contributed by atoms with Gasteiger partial charge in [-0.25, -0.2) is 8.78 Å². The summed E-state index contributed by atoms with van der Waals surface area (Å²) in [6.07, 6.45) is 5.84. The Morgan fingerprint density at radius 3 is 2.82 bits per heavy atom. The van der Waals surface area contributed by atoms with E-state index in [1.54, 1.807) is 0 Å². The Morgan fingerprint density at radius 2 is 2.00 bits per heavy atom. The summed E-state index contributed by atoms with van der Waals surface area (Å²) in [7, 11) is 0. The van der Waals surface area contributed by atoms with Gasteiger partial charge in [0.15, 0.2) is 11.6 Å². The molecular formula is C38H40F2N6O3. The van der Waals surface area contributed by atoms with Crippen LogP contribution in [0.2, 0.25) is 0 Å². The highest BCUT2D eigenvalue weighted by Crippen LogP contribution is 2.58. The van der Waals surface area contributed by atoms with Gasteiger partial charge in [0.1, 0.15) is 24.1 Å².